The van der Waals surface area contributed by atoms with E-state index in [4.69, 9.17) is 14.8 Å². The zero-order valence-corrected chi connectivity index (χ0v) is 16.0. The first kappa shape index (κ1) is 16.8. The van der Waals surface area contributed by atoms with Gasteiger partial charge in [0.15, 0.2) is 11.1 Å². The largest absolute Gasteiger partial charge is 0.483 e. The summed E-state index contributed by atoms with van der Waals surface area (Å²) in [7, 11) is 0. The number of rotatable bonds is 5. The van der Waals surface area contributed by atoms with Gasteiger partial charge in [0.2, 0.25) is 10.8 Å². The van der Waals surface area contributed by atoms with Gasteiger partial charge in [-0.3, -0.25) is 0 Å². The van der Waals surface area contributed by atoms with E-state index in [1.54, 1.807) is 4.52 Å². The van der Waals surface area contributed by atoms with Gasteiger partial charge in [-0.2, -0.15) is 9.61 Å². The molecular formula is C21H17N5OS. The summed E-state index contributed by atoms with van der Waals surface area (Å²) in [6.45, 7) is 2.09. The quantitative estimate of drug-likeness (QED) is 0.428. The van der Waals surface area contributed by atoms with Crippen molar-refractivity contribution in [1.29, 1.82) is 0 Å². The number of pyridine rings is 1. The normalized spacial score (nSPS) is 12.5. The van der Waals surface area contributed by atoms with Crippen LogP contribution in [0.2, 0.25) is 0 Å². The molecule has 5 aromatic rings. The van der Waals surface area contributed by atoms with Gasteiger partial charge >= 0.3 is 0 Å². The van der Waals surface area contributed by atoms with Crippen LogP contribution in [-0.2, 0) is 0 Å². The smallest absolute Gasteiger partial charge is 0.235 e. The molecule has 0 bridgehead atoms. The average Bonchev–Trinajstić information content (AvgIpc) is 3.33. The van der Waals surface area contributed by atoms with Crippen LogP contribution in [0.1, 0.15) is 24.5 Å². The predicted octanol–water partition coefficient (Wildman–Crippen LogP) is 4.93. The predicted molar refractivity (Wildman–Crippen MR) is 109 cm³/mol. The standard InChI is InChI=1S/C21H17N5OS/c1-2-18(27-15-9-4-3-5-10-15)20-25-26-19(23-24-21(26)28-20)17-13-12-14-8-6-7-11-16(14)22-17/h3-13,18H,2H2,1H3/t18-/m0/s1. The van der Waals surface area contributed by atoms with Gasteiger partial charge in [0.25, 0.3) is 0 Å². The van der Waals surface area contributed by atoms with E-state index in [9.17, 15) is 0 Å². The van der Waals surface area contributed by atoms with E-state index in [-0.39, 0.29) is 6.10 Å². The average molecular weight is 387 g/mol. The van der Waals surface area contributed by atoms with Crippen molar-refractivity contribution < 1.29 is 4.74 Å². The molecule has 7 heteroatoms. The van der Waals surface area contributed by atoms with Crippen LogP contribution < -0.4 is 4.74 Å². The summed E-state index contributed by atoms with van der Waals surface area (Å²) in [5.41, 5.74) is 1.67. The van der Waals surface area contributed by atoms with Crippen LogP contribution in [0, 0.1) is 0 Å². The first-order valence-electron chi connectivity index (χ1n) is 9.12. The van der Waals surface area contributed by atoms with Crippen LogP contribution >= 0.6 is 11.3 Å². The van der Waals surface area contributed by atoms with Gasteiger partial charge in [0.05, 0.1) is 5.52 Å². The molecule has 0 unspecified atom stereocenters. The van der Waals surface area contributed by atoms with Crippen LogP contribution in [0.3, 0.4) is 0 Å². The Balaban J connectivity index is 1.52. The first-order valence-corrected chi connectivity index (χ1v) is 9.93. The van der Waals surface area contributed by atoms with Crippen molar-refractivity contribution in [3.63, 3.8) is 0 Å². The van der Waals surface area contributed by atoms with Crippen LogP contribution in [0.5, 0.6) is 5.75 Å². The summed E-state index contributed by atoms with van der Waals surface area (Å²) < 4.78 is 7.88. The Hall–Kier alpha value is -3.32. The molecule has 0 saturated carbocycles. The monoisotopic (exact) mass is 387 g/mol. The molecule has 0 aliphatic carbocycles. The molecule has 0 spiro atoms. The maximum atomic E-state index is 6.12. The number of hydrogen-bond acceptors (Lipinski definition) is 6. The number of fused-ring (bicyclic) bond motifs is 2. The van der Waals surface area contributed by atoms with E-state index in [0.717, 1.165) is 38.7 Å². The molecule has 0 aliphatic rings. The zero-order chi connectivity index (χ0) is 18.9. The number of hydrogen-bond donors (Lipinski definition) is 0. The maximum absolute atomic E-state index is 6.12. The summed E-state index contributed by atoms with van der Waals surface area (Å²) in [6, 6.07) is 21.8. The third-order valence-electron chi connectivity index (χ3n) is 4.50. The number of benzene rings is 2. The Bertz CT molecular complexity index is 1250. The van der Waals surface area contributed by atoms with Crippen LogP contribution in [0.15, 0.2) is 66.7 Å². The van der Waals surface area contributed by atoms with E-state index in [2.05, 4.69) is 17.1 Å². The summed E-state index contributed by atoms with van der Waals surface area (Å²) in [4.78, 5) is 5.45. The minimum absolute atomic E-state index is 0.133. The van der Waals surface area contributed by atoms with Gasteiger partial charge in [0, 0.05) is 5.39 Å². The van der Waals surface area contributed by atoms with Gasteiger partial charge in [-0.15, -0.1) is 10.2 Å². The van der Waals surface area contributed by atoms with Crippen molar-refractivity contribution in [3.05, 3.63) is 71.7 Å². The van der Waals surface area contributed by atoms with Crippen molar-refractivity contribution in [1.82, 2.24) is 24.8 Å². The van der Waals surface area contributed by atoms with Crippen molar-refractivity contribution in [2.45, 2.75) is 19.4 Å². The molecule has 5 rings (SSSR count). The van der Waals surface area contributed by atoms with Gasteiger partial charge < -0.3 is 4.74 Å². The van der Waals surface area contributed by atoms with Crippen molar-refractivity contribution in [2.24, 2.45) is 0 Å². The Kier molecular flexibility index (Phi) is 4.21. The van der Waals surface area contributed by atoms with E-state index in [0.29, 0.717) is 5.82 Å². The molecule has 6 nitrogen and oxygen atoms in total. The second-order valence-corrected chi connectivity index (χ2v) is 7.36. The van der Waals surface area contributed by atoms with Gasteiger partial charge in [0.1, 0.15) is 11.4 Å². The minimum Gasteiger partial charge on any atom is -0.483 e. The molecule has 0 saturated heterocycles. The molecule has 3 aromatic heterocycles. The SMILES string of the molecule is CC[C@H](Oc1ccccc1)c1nn2c(-c3ccc4ccccc4n3)nnc2s1. The van der Waals surface area contributed by atoms with Crippen molar-refractivity contribution >= 4 is 27.2 Å². The Morgan fingerprint density at radius 2 is 1.79 bits per heavy atom. The topological polar surface area (TPSA) is 65.2 Å². The fraction of sp³-hybridized carbons (Fsp3) is 0.143. The lowest BCUT2D eigenvalue weighted by molar-refractivity contribution is 0.199. The van der Waals surface area contributed by atoms with E-state index in [1.807, 2.05) is 66.7 Å². The summed E-state index contributed by atoms with van der Waals surface area (Å²) in [6.07, 6.45) is 0.675. The number of ether oxygens (including phenoxy) is 1. The van der Waals surface area contributed by atoms with Crippen LogP contribution in [0.4, 0.5) is 0 Å². The highest BCUT2D eigenvalue weighted by Crippen LogP contribution is 2.29. The molecule has 0 fully saturated rings. The molecule has 2 aromatic carbocycles. The van der Waals surface area contributed by atoms with Gasteiger partial charge in [-0.1, -0.05) is 60.7 Å². The molecule has 138 valence electrons. The third-order valence-corrected chi connectivity index (χ3v) is 5.49. The van der Waals surface area contributed by atoms with Gasteiger partial charge in [-0.05, 0) is 30.7 Å². The molecule has 0 aliphatic heterocycles. The minimum atomic E-state index is -0.133. The number of nitrogens with zero attached hydrogens (tertiary/aromatic N) is 5. The second kappa shape index (κ2) is 7.01. The highest BCUT2D eigenvalue weighted by atomic mass is 32.1. The Labute approximate surface area is 165 Å². The summed E-state index contributed by atoms with van der Waals surface area (Å²) >= 11 is 1.49. The number of para-hydroxylation sites is 2. The van der Waals surface area contributed by atoms with Gasteiger partial charge in [-0.25, -0.2) is 4.98 Å². The summed E-state index contributed by atoms with van der Waals surface area (Å²) in [5.74, 6) is 1.47. The second-order valence-electron chi connectivity index (χ2n) is 6.38. The van der Waals surface area contributed by atoms with Crippen molar-refractivity contribution in [2.75, 3.05) is 0 Å². The molecule has 0 N–H and O–H groups in total. The Morgan fingerprint density at radius 3 is 2.64 bits per heavy atom. The molecule has 1 atom stereocenters. The molecule has 0 amide bonds. The first-order chi connectivity index (χ1) is 13.8. The lowest BCUT2D eigenvalue weighted by Gasteiger charge is -2.14. The lowest BCUT2D eigenvalue weighted by Crippen LogP contribution is -2.07. The van der Waals surface area contributed by atoms with E-state index in [1.165, 1.54) is 11.3 Å². The fourth-order valence-electron chi connectivity index (χ4n) is 3.08. The highest BCUT2D eigenvalue weighted by Gasteiger charge is 2.21. The fourth-order valence-corrected chi connectivity index (χ4v) is 4.04. The van der Waals surface area contributed by atoms with E-state index < -0.39 is 0 Å². The molecule has 3 heterocycles. The van der Waals surface area contributed by atoms with E-state index >= 15 is 0 Å². The highest BCUT2D eigenvalue weighted by molar-refractivity contribution is 7.16. The van der Waals surface area contributed by atoms with Crippen LogP contribution in [0.25, 0.3) is 27.4 Å². The number of aromatic nitrogens is 5. The van der Waals surface area contributed by atoms with Crippen molar-refractivity contribution in [3.8, 4) is 17.3 Å². The third kappa shape index (κ3) is 2.99. The molecular weight excluding hydrogens is 370 g/mol. The molecule has 28 heavy (non-hydrogen) atoms. The maximum Gasteiger partial charge on any atom is 0.235 e. The Morgan fingerprint density at radius 1 is 0.964 bits per heavy atom. The zero-order valence-electron chi connectivity index (χ0n) is 15.2. The summed E-state index contributed by atoms with van der Waals surface area (Å²) in [5, 5.41) is 15.3. The lowest BCUT2D eigenvalue weighted by atomic mass is 10.2. The van der Waals surface area contributed by atoms with Crippen LogP contribution in [-0.4, -0.2) is 24.8 Å². The molecule has 0 radical (unpaired) electrons.